The van der Waals surface area contributed by atoms with Gasteiger partial charge in [-0.05, 0) is 52.2 Å². The maximum Gasteiger partial charge on any atom is 0.0613 e. The van der Waals surface area contributed by atoms with Gasteiger partial charge in [0.2, 0.25) is 0 Å². The summed E-state index contributed by atoms with van der Waals surface area (Å²) in [4.78, 5) is 2.47. The molecule has 0 spiro atoms. The minimum atomic E-state index is -0.0171. The van der Waals surface area contributed by atoms with Crippen molar-refractivity contribution >= 4 is 0 Å². The molecule has 2 atom stereocenters. The van der Waals surface area contributed by atoms with Gasteiger partial charge in [0.1, 0.15) is 0 Å². The lowest BCUT2D eigenvalue weighted by Gasteiger charge is -2.29. The molecule has 16 heavy (non-hydrogen) atoms. The van der Waals surface area contributed by atoms with E-state index in [-0.39, 0.29) is 12.1 Å². The monoisotopic (exact) mass is 228 g/mol. The van der Waals surface area contributed by atoms with Gasteiger partial charge in [0.05, 0.1) is 6.61 Å². The van der Waals surface area contributed by atoms with Crippen molar-refractivity contribution in [3.8, 4) is 0 Å². The van der Waals surface area contributed by atoms with Crippen LogP contribution in [0.15, 0.2) is 0 Å². The first-order valence-corrected chi connectivity index (χ1v) is 6.53. The summed E-state index contributed by atoms with van der Waals surface area (Å²) in [6.07, 6.45) is 4.64. The van der Waals surface area contributed by atoms with Crippen molar-refractivity contribution in [2.45, 2.75) is 51.1 Å². The number of rotatable bonds is 6. The van der Waals surface area contributed by atoms with E-state index in [1.165, 1.54) is 19.4 Å². The van der Waals surface area contributed by atoms with Gasteiger partial charge >= 0.3 is 0 Å². The smallest absolute Gasteiger partial charge is 0.0613 e. The maximum absolute atomic E-state index is 9.45. The Hall–Kier alpha value is -0.120. The average Bonchev–Trinajstić information content (AvgIpc) is 2.71. The second-order valence-electron chi connectivity index (χ2n) is 5.75. The minimum Gasteiger partial charge on any atom is -0.394 e. The Labute approximate surface area is 100 Å². The molecule has 0 aromatic carbocycles. The molecule has 0 heterocycles. The molecule has 3 heteroatoms. The lowest BCUT2D eigenvalue weighted by atomic mass is 9.99. The van der Waals surface area contributed by atoms with E-state index >= 15 is 0 Å². The minimum absolute atomic E-state index is 0.0171. The van der Waals surface area contributed by atoms with Crippen LogP contribution in [0.2, 0.25) is 0 Å². The summed E-state index contributed by atoms with van der Waals surface area (Å²) in [5.74, 6) is 0.774. The number of aliphatic hydroxyl groups excluding tert-OH is 1. The molecule has 0 bridgehead atoms. The van der Waals surface area contributed by atoms with E-state index in [1.807, 2.05) is 7.05 Å². The number of hydrogen-bond acceptors (Lipinski definition) is 3. The fourth-order valence-corrected chi connectivity index (χ4v) is 2.57. The molecule has 1 aliphatic carbocycles. The molecule has 0 saturated heterocycles. The van der Waals surface area contributed by atoms with E-state index < -0.39 is 0 Å². The van der Waals surface area contributed by atoms with E-state index in [2.05, 4.69) is 31.1 Å². The number of hydrogen-bond donors (Lipinski definition) is 2. The molecule has 0 amide bonds. The summed E-state index contributed by atoms with van der Waals surface area (Å²) < 4.78 is 0. The third-order valence-corrected chi connectivity index (χ3v) is 4.10. The zero-order chi connectivity index (χ0) is 12.2. The van der Waals surface area contributed by atoms with Gasteiger partial charge < -0.3 is 15.3 Å². The lowest BCUT2D eigenvalue weighted by molar-refractivity contribution is 0.156. The standard InChI is InChI=1S/C13H28N2O/c1-11(2)6-8-15(4)12-5-7-13(9-12,10-16)14-3/h11-12,14,16H,5-10H2,1-4H3. The summed E-state index contributed by atoms with van der Waals surface area (Å²) in [5.41, 5.74) is -0.0171. The SMILES string of the molecule is CNC1(CO)CCC(N(C)CCC(C)C)C1. The second-order valence-corrected chi connectivity index (χ2v) is 5.75. The molecular formula is C13H28N2O. The summed E-state index contributed by atoms with van der Waals surface area (Å²) in [5, 5.41) is 12.8. The summed E-state index contributed by atoms with van der Waals surface area (Å²) in [6, 6.07) is 0.637. The molecule has 0 radical (unpaired) electrons. The first kappa shape index (κ1) is 13.9. The molecule has 0 aromatic heterocycles. The predicted molar refractivity (Wildman–Crippen MR) is 68.6 cm³/mol. The van der Waals surface area contributed by atoms with Crippen LogP contribution >= 0.6 is 0 Å². The molecule has 1 rings (SSSR count). The van der Waals surface area contributed by atoms with E-state index in [9.17, 15) is 5.11 Å². The van der Waals surface area contributed by atoms with Crippen molar-refractivity contribution in [3.63, 3.8) is 0 Å². The average molecular weight is 228 g/mol. The molecule has 3 nitrogen and oxygen atoms in total. The van der Waals surface area contributed by atoms with E-state index in [0.29, 0.717) is 6.04 Å². The van der Waals surface area contributed by atoms with Crippen molar-refractivity contribution in [2.75, 3.05) is 27.2 Å². The Morgan fingerprint density at radius 2 is 2.19 bits per heavy atom. The van der Waals surface area contributed by atoms with Crippen molar-refractivity contribution in [3.05, 3.63) is 0 Å². The molecule has 1 saturated carbocycles. The van der Waals surface area contributed by atoms with E-state index in [4.69, 9.17) is 0 Å². The van der Waals surface area contributed by atoms with Gasteiger partial charge in [0, 0.05) is 11.6 Å². The van der Waals surface area contributed by atoms with Gasteiger partial charge in [0.25, 0.3) is 0 Å². The lowest BCUT2D eigenvalue weighted by Crippen LogP contribution is -2.45. The van der Waals surface area contributed by atoms with Crippen molar-refractivity contribution in [2.24, 2.45) is 5.92 Å². The summed E-state index contributed by atoms with van der Waals surface area (Å²) in [7, 11) is 4.18. The quantitative estimate of drug-likeness (QED) is 0.722. The van der Waals surface area contributed by atoms with Gasteiger partial charge in [-0.15, -0.1) is 0 Å². The zero-order valence-corrected chi connectivity index (χ0v) is 11.3. The molecule has 1 aliphatic rings. The first-order valence-electron chi connectivity index (χ1n) is 6.53. The van der Waals surface area contributed by atoms with Gasteiger partial charge in [-0.1, -0.05) is 13.8 Å². The molecular weight excluding hydrogens is 200 g/mol. The van der Waals surface area contributed by atoms with Crippen LogP contribution in [0, 0.1) is 5.92 Å². The van der Waals surface area contributed by atoms with E-state index in [0.717, 1.165) is 18.8 Å². The highest BCUT2D eigenvalue weighted by molar-refractivity contribution is 4.98. The van der Waals surface area contributed by atoms with Gasteiger partial charge in [0.15, 0.2) is 0 Å². The van der Waals surface area contributed by atoms with E-state index in [1.54, 1.807) is 0 Å². The second kappa shape index (κ2) is 5.99. The van der Waals surface area contributed by atoms with Gasteiger partial charge in [-0.25, -0.2) is 0 Å². The first-order chi connectivity index (χ1) is 7.53. The number of likely N-dealkylation sites (N-methyl/N-ethyl adjacent to an activating group) is 1. The Morgan fingerprint density at radius 1 is 1.50 bits per heavy atom. The van der Waals surface area contributed by atoms with Crippen LogP contribution in [-0.4, -0.2) is 48.8 Å². The van der Waals surface area contributed by atoms with Crippen LogP contribution in [0.3, 0.4) is 0 Å². The topological polar surface area (TPSA) is 35.5 Å². The normalized spacial score (nSPS) is 30.6. The summed E-state index contributed by atoms with van der Waals surface area (Å²) in [6.45, 7) is 5.98. The highest BCUT2D eigenvalue weighted by Crippen LogP contribution is 2.32. The number of aliphatic hydroxyl groups is 1. The van der Waals surface area contributed by atoms with Crippen LogP contribution in [-0.2, 0) is 0 Å². The van der Waals surface area contributed by atoms with Crippen molar-refractivity contribution in [1.29, 1.82) is 0 Å². The summed E-state index contributed by atoms with van der Waals surface area (Å²) >= 11 is 0. The van der Waals surface area contributed by atoms with Gasteiger partial charge in [-0.2, -0.15) is 0 Å². The van der Waals surface area contributed by atoms with Crippen LogP contribution in [0.4, 0.5) is 0 Å². The zero-order valence-electron chi connectivity index (χ0n) is 11.3. The van der Waals surface area contributed by atoms with Gasteiger partial charge in [-0.3, -0.25) is 0 Å². The fraction of sp³-hybridized carbons (Fsp3) is 1.00. The third kappa shape index (κ3) is 3.44. The molecule has 0 aromatic rings. The molecule has 2 unspecified atom stereocenters. The van der Waals surface area contributed by atoms with Crippen LogP contribution in [0.5, 0.6) is 0 Å². The van der Waals surface area contributed by atoms with Crippen LogP contribution in [0.25, 0.3) is 0 Å². The Morgan fingerprint density at radius 3 is 2.62 bits per heavy atom. The Balaban J connectivity index is 2.39. The molecule has 2 N–H and O–H groups in total. The highest BCUT2D eigenvalue weighted by atomic mass is 16.3. The molecule has 0 aliphatic heterocycles. The fourth-order valence-electron chi connectivity index (χ4n) is 2.57. The number of nitrogens with zero attached hydrogens (tertiary/aromatic N) is 1. The number of nitrogens with one attached hydrogen (secondary N) is 1. The highest BCUT2D eigenvalue weighted by Gasteiger charge is 2.38. The Kier molecular flexibility index (Phi) is 5.22. The van der Waals surface area contributed by atoms with Crippen LogP contribution < -0.4 is 5.32 Å². The Bertz CT molecular complexity index is 202. The molecule has 96 valence electrons. The largest absolute Gasteiger partial charge is 0.394 e. The molecule has 1 fully saturated rings. The van der Waals surface area contributed by atoms with Crippen molar-refractivity contribution < 1.29 is 5.11 Å². The maximum atomic E-state index is 9.45. The predicted octanol–water partition coefficient (Wildman–Crippen LogP) is 1.47. The third-order valence-electron chi connectivity index (χ3n) is 4.10. The van der Waals surface area contributed by atoms with Crippen molar-refractivity contribution in [1.82, 2.24) is 10.2 Å². The van der Waals surface area contributed by atoms with Crippen LogP contribution in [0.1, 0.15) is 39.5 Å².